The maximum Gasteiger partial charge on any atom is 0.416 e. The predicted molar refractivity (Wildman–Crippen MR) is 69.0 cm³/mol. The third kappa shape index (κ3) is 4.51. The molecule has 0 aliphatic carbocycles. The lowest BCUT2D eigenvalue weighted by Crippen LogP contribution is -2.28. The minimum absolute atomic E-state index is 0.289. The minimum Gasteiger partial charge on any atom is -0.363 e. The lowest BCUT2D eigenvalue weighted by Gasteiger charge is -2.12. The maximum atomic E-state index is 12.5. The summed E-state index contributed by atoms with van der Waals surface area (Å²) in [7, 11) is 0. The summed E-state index contributed by atoms with van der Waals surface area (Å²) in [4.78, 5) is 0. The molecular formula is C10H10BrF3N2S. The first kappa shape index (κ1) is 14.2. The van der Waals surface area contributed by atoms with Crippen LogP contribution in [0.25, 0.3) is 0 Å². The van der Waals surface area contributed by atoms with Crippen molar-refractivity contribution in [3.63, 3.8) is 0 Å². The largest absolute Gasteiger partial charge is 0.416 e. The Bertz CT molecular complexity index is 421. The van der Waals surface area contributed by atoms with E-state index < -0.39 is 11.7 Å². The average Bonchev–Trinajstić information content (AvgIpc) is 2.15. The second-order valence-electron chi connectivity index (χ2n) is 3.21. The summed E-state index contributed by atoms with van der Waals surface area (Å²) in [5.41, 5.74) is -0.439. The molecular weight excluding hydrogens is 317 g/mol. The quantitative estimate of drug-likeness (QED) is 0.809. The van der Waals surface area contributed by atoms with Gasteiger partial charge in [0.05, 0.1) is 5.56 Å². The van der Waals surface area contributed by atoms with Gasteiger partial charge in [-0.05, 0) is 37.3 Å². The summed E-state index contributed by atoms with van der Waals surface area (Å²) >= 11 is 7.93. The molecule has 1 rings (SSSR count). The van der Waals surface area contributed by atoms with E-state index in [0.717, 1.165) is 12.1 Å². The fourth-order valence-corrected chi connectivity index (χ4v) is 1.92. The van der Waals surface area contributed by atoms with E-state index in [1.807, 2.05) is 6.92 Å². The highest BCUT2D eigenvalue weighted by Crippen LogP contribution is 2.33. The lowest BCUT2D eigenvalue weighted by atomic mass is 10.2. The molecule has 0 amide bonds. The summed E-state index contributed by atoms with van der Waals surface area (Å²) in [6, 6.07) is 3.55. The van der Waals surface area contributed by atoms with E-state index in [1.54, 1.807) is 0 Å². The van der Waals surface area contributed by atoms with E-state index in [4.69, 9.17) is 12.2 Å². The Morgan fingerprint density at radius 3 is 2.53 bits per heavy atom. The molecule has 94 valence electrons. The number of anilines is 1. The molecule has 0 unspecified atom stereocenters. The Morgan fingerprint density at radius 2 is 2.00 bits per heavy atom. The monoisotopic (exact) mass is 326 g/mol. The molecule has 0 bridgehead atoms. The summed E-state index contributed by atoms with van der Waals surface area (Å²) in [6.07, 6.45) is -4.37. The second kappa shape index (κ2) is 5.68. The van der Waals surface area contributed by atoms with Crippen LogP contribution in [0.5, 0.6) is 0 Å². The molecule has 7 heteroatoms. The SMILES string of the molecule is CCNC(=S)Nc1cc(Br)cc(C(F)(F)F)c1. The van der Waals surface area contributed by atoms with Crippen LogP contribution in [-0.4, -0.2) is 11.7 Å². The van der Waals surface area contributed by atoms with Crippen LogP contribution in [0.2, 0.25) is 0 Å². The molecule has 1 aromatic carbocycles. The molecule has 2 nitrogen and oxygen atoms in total. The van der Waals surface area contributed by atoms with Gasteiger partial charge in [-0.3, -0.25) is 0 Å². The topological polar surface area (TPSA) is 24.1 Å². The number of alkyl halides is 3. The molecule has 0 aliphatic heterocycles. The van der Waals surface area contributed by atoms with Crippen molar-refractivity contribution in [2.75, 3.05) is 11.9 Å². The Hall–Kier alpha value is -0.820. The highest BCUT2D eigenvalue weighted by atomic mass is 79.9. The fourth-order valence-electron chi connectivity index (χ4n) is 1.16. The van der Waals surface area contributed by atoms with Crippen molar-refractivity contribution in [2.24, 2.45) is 0 Å². The molecule has 0 saturated heterocycles. The first-order valence-electron chi connectivity index (χ1n) is 4.75. The van der Waals surface area contributed by atoms with Gasteiger partial charge in [-0.2, -0.15) is 13.2 Å². The van der Waals surface area contributed by atoms with Crippen molar-refractivity contribution in [3.8, 4) is 0 Å². The molecule has 2 N–H and O–H groups in total. The number of hydrogen-bond donors (Lipinski definition) is 2. The number of thiocarbonyl (C=S) groups is 1. The van der Waals surface area contributed by atoms with Crippen molar-refractivity contribution in [2.45, 2.75) is 13.1 Å². The van der Waals surface area contributed by atoms with Crippen LogP contribution in [0.4, 0.5) is 18.9 Å². The molecule has 0 aromatic heterocycles. The van der Waals surface area contributed by atoms with Gasteiger partial charge in [0.25, 0.3) is 0 Å². The molecule has 17 heavy (non-hydrogen) atoms. The van der Waals surface area contributed by atoms with E-state index in [9.17, 15) is 13.2 Å². The van der Waals surface area contributed by atoms with E-state index in [2.05, 4.69) is 26.6 Å². The standard InChI is InChI=1S/C10H10BrF3N2S/c1-2-15-9(17)16-8-4-6(10(12,13)14)3-7(11)5-8/h3-5H,2H2,1H3,(H2,15,16,17). The third-order valence-corrected chi connectivity index (χ3v) is 2.52. The van der Waals surface area contributed by atoms with Crippen molar-refractivity contribution >= 4 is 38.9 Å². The average molecular weight is 327 g/mol. The number of nitrogens with one attached hydrogen (secondary N) is 2. The van der Waals surface area contributed by atoms with Crippen LogP contribution in [0.3, 0.4) is 0 Å². The highest BCUT2D eigenvalue weighted by Gasteiger charge is 2.31. The van der Waals surface area contributed by atoms with Crippen LogP contribution in [0.1, 0.15) is 12.5 Å². The Kier molecular flexibility index (Phi) is 4.76. The van der Waals surface area contributed by atoms with Crippen molar-refractivity contribution in [1.82, 2.24) is 5.32 Å². The van der Waals surface area contributed by atoms with Gasteiger partial charge < -0.3 is 10.6 Å². The zero-order valence-corrected chi connectivity index (χ0v) is 11.3. The first-order valence-corrected chi connectivity index (χ1v) is 5.95. The number of halogens is 4. The zero-order chi connectivity index (χ0) is 13.1. The zero-order valence-electron chi connectivity index (χ0n) is 8.86. The molecule has 0 spiro atoms. The van der Waals surface area contributed by atoms with Gasteiger partial charge in [0, 0.05) is 16.7 Å². The second-order valence-corrected chi connectivity index (χ2v) is 4.53. The van der Waals surface area contributed by atoms with Crippen LogP contribution in [0, 0.1) is 0 Å². The van der Waals surface area contributed by atoms with Crippen LogP contribution < -0.4 is 10.6 Å². The van der Waals surface area contributed by atoms with Gasteiger partial charge >= 0.3 is 6.18 Å². The van der Waals surface area contributed by atoms with Crippen molar-refractivity contribution in [1.29, 1.82) is 0 Å². The molecule has 0 aliphatic rings. The Morgan fingerprint density at radius 1 is 1.35 bits per heavy atom. The van der Waals surface area contributed by atoms with Crippen LogP contribution in [-0.2, 0) is 6.18 Å². The van der Waals surface area contributed by atoms with Gasteiger partial charge in [0.2, 0.25) is 0 Å². The van der Waals surface area contributed by atoms with Crippen LogP contribution >= 0.6 is 28.1 Å². The number of benzene rings is 1. The third-order valence-electron chi connectivity index (χ3n) is 1.82. The lowest BCUT2D eigenvalue weighted by molar-refractivity contribution is -0.137. The number of hydrogen-bond acceptors (Lipinski definition) is 1. The smallest absolute Gasteiger partial charge is 0.363 e. The molecule has 0 atom stereocenters. The summed E-state index contributed by atoms with van der Waals surface area (Å²) in [6.45, 7) is 2.45. The predicted octanol–water partition coefficient (Wildman–Crippen LogP) is 3.77. The summed E-state index contributed by atoms with van der Waals surface area (Å²) in [5.74, 6) is 0. The van der Waals surface area contributed by atoms with E-state index >= 15 is 0 Å². The first-order chi connectivity index (χ1) is 7.82. The Labute approximate surface area is 111 Å². The van der Waals surface area contributed by atoms with Crippen molar-refractivity contribution in [3.05, 3.63) is 28.2 Å². The minimum atomic E-state index is -4.37. The Balaban J connectivity index is 2.94. The van der Waals surface area contributed by atoms with E-state index in [0.29, 0.717) is 16.1 Å². The molecule has 0 saturated carbocycles. The molecule has 1 aromatic rings. The highest BCUT2D eigenvalue weighted by molar-refractivity contribution is 9.10. The number of rotatable bonds is 2. The molecule has 0 radical (unpaired) electrons. The summed E-state index contributed by atoms with van der Waals surface area (Å²) < 4.78 is 38.0. The van der Waals surface area contributed by atoms with Gasteiger partial charge in [-0.25, -0.2) is 0 Å². The molecule has 0 fully saturated rings. The fraction of sp³-hybridized carbons (Fsp3) is 0.300. The van der Waals surface area contributed by atoms with Crippen LogP contribution in [0.15, 0.2) is 22.7 Å². The van der Waals surface area contributed by atoms with Gasteiger partial charge in [-0.1, -0.05) is 15.9 Å². The van der Waals surface area contributed by atoms with Crippen molar-refractivity contribution < 1.29 is 13.2 Å². The summed E-state index contributed by atoms with van der Waals surface area (Å²) in [5, 5.41) is 5.77. The van der Waals surface area contributed by atoms with E-state index in [1.165, 1.54) is 6.07 Å². The maximum absolute atomic E-state index is 12.5. The normalized spacial score (nSPS) is 11.1. The van der Waals surface area contributed by atoms with Gasteiger partial charge in [-0.15, -0.1) is 0 Å². The van der Waals surface area contributed by atoms with Gasteiger partial charge in [0.1, 0.15) is 0 Å². The van der Waals surface area contributed by atoms with E-state index in [-0.39, 0.29) is 5.69 Å². The molecule has 0 heterocycles. The van der Waals surface area contributed by atoms with Gasteiger partial charge in [0.15, 0.2) is 5.11 Å².